The zero-order valence-electron chi connectivity index (χ0n) is 13.9. The molecule has 3 N–H and O–H groups in total. The Morgan fingerprint density at radius 1 is 1.04 bits per heavy atom. The Morgan fingerprint density at radius 3 is 2.25 bits per heavy atom. The lowest BCUT2D eigenvalue weighted by molar-refractivity contribution is -0.125. The van der Waals surface area contributed by atoms with Crippen LogP contribution < -0.4 is 15.8 Å². The van der Waals surface area contributed by atoms with Gasteiger partial charge in [0.1, 0.15) is 12.4 Å². The first kappa shape index (κ1) is 17.5. The minimum Gasteiger partial charge on any atom is -0.489 e. The predicted octanol–water partition coefficient (Wildman–Crippen LogP) is 2.51. The van der Waals surface area contributed by atoms with Gasteiger partial charge in [-0.05, 0) is 43.7 Å². The third-order valence-electron chi connectivity index (χ3n) is 3.72. The summed E-state index contributed by atoms with van der Waals surface area (Å²) in [6.45, 7) is 4.04. The van der Waals surface area contributed by atoms with Crippen molar-refractivity contribution in [2.24, 2.45) is 11.1 Å². The van der Waals surface area contributed by atoms with Crippen molar-refractivity contribution in [1.29, 1.82) is 0 Å². The van der Waals surface area contributed by atoms with Crippen LogP contribution in [0.5, 0.6) is 5.75 Å². The van der Waals surface area contributed by atoms with Crippen LogP contribution in [0.15, 0.2) is 54.6 Å². The van der Waals surface area contributed by atoms with E-state index in [2.05, 4.69) is 5.32 Å². The van der Waals surface area contributed by atoms with Crippen LogP contribution in [0, 0.1) is 5.41 Å². The van der Waals surface area contributed by atoms with E-state index in [0.29, 0.717) is 17.9 Å². The van der Waals surface area contributed by atoms with Gasteiger partial charge in [0, 0.05) is 12.1 Å². The molecule has 5 nitrogen and oxygen atoms in total. The fourth-order valence-corrected chi connectivity index (χ4v) is 1.93. The minimum atomic E-state index is -0.783. The van der Waals surface area contributed by atoms with Gasteiger partial charge in [-0.3, -0.25) is 9.59 Å². The fraction of sp³-hybridized carbons (Fsp3) is 0.263. The summed E-state index contributed by atoms with van der Waals surface area (Å²) < 4.78 is 5.68. The van der Waals surface area contributed by atoms with E-state index in [1.807, 2.05) is 30.3 Å². The first-order valence-electron chi connectivity index (χ1n) is 7.73. The second kappa shape index (κ2) is 7.64. The Bertz CT molecular complexity index is 694. The number of hydrogen-bond acceptors (Lipinski definition) is 3. The molecule has 0 radical (unpaired) electrons. The van der Waals surface area contributed by atoms with Crippen LogP contribution in [0.3, 0.4) is 0 Å². The molecule has 0 unspecified atom stereocenters. The number of nitrogens with two attached hydrogens (primary N) is 1. The van der Waals surface area contributed by atoms with Gasteiger partial charge in [0.25, 0.3) is 5.91 Å². The van der Waals surface area contributed by atoms with Crippen molar-refractivity contribution in [3.63, 3.8) is 0 Å². The van der Waals surface area contributed by atoms with Crippen LogP contribution in [0.1, 0.15) is 29.8 Å². The first-order chi connectivity index (χ1) is 11.4. The highest BCUT2D eigenvalue weighted by atomic mass is 16.5. The number of primary amides is 1. The predicted molar refractivity (Wildman–Crippen MR) is 92.5 cm³/mol. The van der Waals surface area contributed by atoms with E-state index >= 15 is 0 Å². The molecule has 0 saturated heterocycles. The largest absolute Gasteiger partial charge is 0.489 e. The molecule has 0 spiro atoms. The van der Waals surface area contributed by atoms with Crippen LogP contribution in [0.2, 0.25) is 0 Å². The Labute approximate surface area is 141 Å². The van der Waals surface area contributed by atoms with Gasteiger partial charge in [0.2, 0.25) is 5.91 Å². The van der Waals surface area contributed by atoms with Crippen molar-refractivity contribution >= 4 is 11.8 Å². The molecule has 2 rings (SSSR count). The number of carbonyl (C=O) groups is 2. The normalized spacial score (nSPS) is 10.9. The molecule has 24 heavy (non-hydrogen) atoms. The van der Waals surface area contributed by atoms with Gasteiger partial charge < -0.3 is 15.8 Å². The average Bonchev–Trinajstić information content (AvgIpc) is 2.59. The lowest BCUT2D eigenvalue weighted by Gasteiger charge is -2.20. The number of benzene rings is 2. The summed E-state index contributed by atoms with van der Waals surface area (Å²) in [6, 6.07) is 16.7. The maximum atomic E-state index is 12.1. The zero-order chi connectivity index (χ0) is 17.6. The number of rotatable bonds is 7. The highest BCUT2D eigenvalue weighted by molar-refractivity contribution is 5.94. The van der Waals surface area contributed by atoms with Gasteiger partial charge in [0.15, 0.2) is 0 Å². The molecule has 0 heterocycles. The van der Waals surface area contributed by atoms with E-state index in [9.17, 15) is 9.59 Å². The molecule has 0 aliphatic heterocycles. The Balaban J connectivity index is 1.89. The molecule has 0 saturated carbocycles. The summed E-state index contributed by atoms with van der Waals surface area (Å²) in [7, 11) is 0. The molecular weight excluding hydrogens is 304 g/mol. The summed E-state index contributed by atoms with van der Waals surface area (Å²) in [5.74, 6) is -0.0146. The average molecular weight is 326 g/mol. The van der Waals surface area contributed by atoms with Crippen molar-refractivity contribution < 1.29 is 14.3 Å². The molecular formula is C19H22N2O3. The standard InChI is InChI=1S/C19H22N2O3/c1-19(2,18(20)23)13-21-17(22)15-8-10-16(11-9-15)24-12-14-6-4-3-5-7-14/h3-11H,12-13H2,1-2H3,(H2,20,23)(H,21,22). The van der Waals surface area contributed by atoms with Gasteiger partial charge in [-0.1, -0.05) is 30.3 Å². The Morgan fingerprint density at radius 2 is 1.67 bits per heavy atom. The lowest BCUT2D eigenvalue weighted by Crippen LogP contribution is -2.42. The Hall–Kier alpha value is -2.82. The van der Waals surface area contributed by atoms with Gasteiger partial charge >= 0.3 is 0 Å². The van der Waals surface area contributed by atoms with Crippen molar-refractivity contribution in [3.8, 4) is 5.75 Å². The second-order valence-corrected chi connectivity index (χ2v) is 6.23. The molecule has 5 heteroatoms. The van der Waals surface area contributed by atoms with Crippen molar-refractivity contribution in [2.75, 3.05) is 6.54 Å². The molecule has 0 bridgehead atoms. The molecule has 0 aliphatic carbocycles. The quantitative estimate of drug-likeness (QED) is 0.820. The van der Waals surface area contributed by atoms with Crippen molar-refractivity contribution in [3.05, 3.63) is 65.7 Å². The molecule has 0 aliphatic rings. The monoisotopic (exact) mass is 326 g/mol. The number of ether oxygens (including phenoxy) is 1. The Kier molecular flexibility index (Phi) is 5.58. The molecule has 126 valence electrons. The van der Waals surface area contributed by atoms with Gasteiger partial charge in [-0.15, -0.1) is 0 Å². The van der Waals surface area contributed by atoms with E-state index in [0.717, 1.165) is 5.56 Å². The number of amides is 2. The molecule has 0 aromatic heterocycles. The summed E-state index contributed by atoms with van der Waals surface area (Å²) in [6.07, 6.45) is 0. The topological polar surface area (TPSA) is 81.4 Å². The van der Waals surface area contributed by atoms with E-state index in [1.54, 1.807) is 38.1 Å². The van der Waals surface area contributed by atoms with Crippen LogP contribution in [-0.4, -0.2) is 18.4 Å². The molecule has 2 aromatic rings. The van der Waals surface area contributed by atoms with E-state index in [1.165, 1.54) is 0 Å². The van der Waals surface area contributed by atoms with Gasteiger partial charge in [-0.2, -0.15) is 0 Å². The second-order valence-electron chi connectivity index (χ2n) is 6.23. The summed E-state index contributed by atoms with van der Waals surface area (Å²) >= 11 is 0. The summed E-state index contributed by atoms with van der Waals surface area (Å²) in [4.78, 5) is 23.4. The lowest BCUT2D eigenvalue weighted by atomic mass is 9.92. The van der Waals surface area contributed by atoms with Crippen molar-refractivity contribution in [2.45, 2.75) is 20.5 Å². The van der Waals surface area contributed by atoms with E-state index < -0.39 is 11.3 Å². The number of nitrogens with one attached hydrogen (secondary N) is 1. The summed E-state index contributed by atoms with van der Waals surface area (Å²) in [5, 5.41) is 2.72. The van der Waals surface area contributed by atoms with E-state index in [4.69, 9.17) is 10.5 Å². The van der Waals surface area contributed by atoms with Crippen LogP contribution in [0.4, 0.5) is 0 Å². The first-order valence-corrected chi connectivity index (χ1v) is 7.73. The van der Waals surface area contributed by atoms with Crippen molar-refractivity contribution in [1.82, 2.24) is 5.32 Å². The van der Waals surface area contributed by atoms with Crippen LogP contribution >= 0.6 is 0 Å². The maximum absolute atomic E-state index is 12.1. The van der Waals surface area contributed by atoms with Gasteiger partial charge in [-0.25, -0.2) is 0 Å². The number of carbonyl (C=O) groups excluding carboxylic acids is 2. The highest BCUT2D eigenvalue weighted by Gasteiger charge is 2.25. The third kappa shape index (κ3) is 4.84. The van der Waals surface area contributed by atoms with Crippen LogP contribution in [-0.2, 0) is 11.4 Å². The number of hydrogen-bond donors (Lipinski definition) is 2. The molecule has 2 amide bonds. The fourth-order valence-electron chi connectivity index (χ4n) is 1.93. The molecule has 0 atom stereocenters. The van der Waals surface area contributed by atoms with E-state index in [-0.39, 0.29) is 12.5 Å². The molecule has 2 aromatic carbocycles. The zero-order valence-corrected chi connectivity index (χ0v) is 13.9. The minimum absolute atomic E-state index is 0.188. The highest BCUT2D eigenvalue weighted by Crippen LogP contribution is 2.15. The van der Waals surface area contributed by atoms with Gasteiger partial charge in [0.05, 0.1) is 5.41 Å². The third-order valence-corrected chi connectivity index (χ3v) is 3.72. The smallest absolute Gasteiger partial charge is 0.251 e. The van der Waals surface area contributed by atoms with Crippen LogP contribution in [0.25, 0.3) is 0 Å². The SMILES string of the molecule is CC(C)(CNC(=O)c1ccc(OCc2ccccc2)cc1)C(N)=O. The maximum Gasteiger partial charge on any atom is 0.251 e. The summed E-state index contributed by atoms with van der Waals surface area (Å²) in [5.41, 5.74) is 6.09. The molecule has 0 fully saturated rings.